The number of hydrogen-bond acceptors (Lipinski definition) is 6. The van der Waals surface area contributed by atoms with Gasteiger partial charge < -0.3 is 15.0 Å². The maximum absolute atomic E-state index is 13.4. The van der Waals surface area contributed by atoms with E-state index >= 15 is 0 Å². The molecule has 0 atom stereocenters. The van der Waals surface area contributed by atoms with Crippen LogP contribution in [0.25, 0.3) is 16.9 Å². The van der Waals surface area contributed by atoms with Gasteiger partial charge in [-0.1, -0.05) is 5.21 Å². The van der Waals surface area contributed by atoms with Gasteiger partial charge in [0, 0.05) is 37.1 Å². The van der Waals surface area contributed by atoms with Crippen molar-refractivity contribution in [1.29, 1.82) is 0 Å². The molecule has 0 aliphatic carbocycles. The van der Waals surface area contributed by atoms with Gasteiger partial charge in [0.1, 0.15) is 11.5 Å². The average Bonchev–Trinajstić information content (AvgIpc) is 3.26. The standard InChI is InChI=1S/C22H23FN6O3/c1-2-32-22(31)28-13-9-17(10-14-28)25-21(30)19-20(15-7-11-24-12-8-15)29(27-26-19)18-5-3-16(23)4-6-18/h3-8,11-12,17H,2,9-10,13-14H2,1H3,(H,25,30). The van der Waals surface area contributed by atoms with E-state index in [0.29, 0.717) is 49.5 Å². The van der Waals surface area contributed by atoms with E-state index < -0.39 is 0 Å². The molecule has 4 rings (SSSR count). The van der Waals surface area contributed by atoms with Gasteiger partial charge >= 0.3 is 6.09 Å². The Labute approximate surface area is 184 Å². The lowest BCUT2D eigenvalue weighted by molar-refractivity contribution is 0.0857. The second-order valence-corrected chi connectivity index (χ2v) is 7.34. The molecule has 32 heavy (non-hydrogen) atoms. The minimum atomic E-state index is -0.369. The molecule has 0 bridgehead atoms. The van der Waals surface area contributed by atoms with E-state index in [4.69, 9.17) is 4.74 Å². The van der Waals surface area contributed by atoms with Crippen molar-refractivity contribution in [1.82, 2.24) is 30.2 Å². The van der Waals surface area contributed by atoms with Gasteiger partial charge in [-0.25, -0.2) is 13.9 Å². The molecule has 2 amide bonds. The fourth-order valence-electron chi connectivity index (χ4n) is 3.64. The lowest BCUT2D eigenvalue weighted by Gasteiger charge is -2.31. The molecule has 1 aromatic carbocycles. The molecular weight excluding hydrogens is 415 g/mol. The molecule has 0 spiro atoms. The van der Waals surface area contributed by atoms with Gasteiger partial charge in [0.15, 0.2) is 5.69 Å². The Morgan fingerprint density at radius 3 is 2.47 bits per heavy atom. The summed E-state index contributed by atoms with van der Waals surface area (Å²) in [7, 11) is 0. The van der Waals surface area contributed by atoms with Crippen molar-refractivity contribution in [3.8, 4) is 16.9 Å². The molecule has 3 aromatic rings. The third kappa shape index (κ3) is 4.58. The van der Waals surface area contributed by atoms with Gasteiger partial charge in [0.2, 0.25) is 0 Å². The SMILES string of the molecule is CCOC(=O)N1CCC(NC(=O)c2nnn(-c3ccc(F)cc3)c2-c2ccncc2)CC1. The summed E-state index contributed by atoms with van der Waals surface area (Å²) in [6.45, 7) is 3.11. The van der Waals surface area contributed by atoms with Crippen LogP contribution in [0.5, 0.6) is 0 Å². The topological polar surface area (TPSA) is 102 Å². The van der Waals surface area contributed by atoms with Crippen LogP contribution < -0.4 is 5.32 Å². The summed E-state index contributed by atoms with van der Waals surface area (Å²) in [5.41, 5.74) is 1.93. The van der Waals surface area contributed by atoms with Crippen molar-refractivity contribution in [3.63, 3.8) is 0 Å². The molecule has 166 valence electrons. The number of carbonyl (C=O) groups excluding carboxylic acids is 2. The van der Waals surface area contributed by atoms with Crippen LogP contribution in [-0.2, 0) is 4.74 Å². The van der Waals surface area contributed by atoms with Crippen LogP contribution in [0.2, 0.25) is 0 Å². The average molecular weight is 438 g/mol. The number of pyridine rings is 1. The van der Waals surface area contributed by atoms with Crippen LogP contribution in [0, 0.1) is 5.82 Å². The molecule has 1 aliphatic heterocycles. The summed E-state index contributed by atoms with van der Waals surface area (Å²) in [5, 5.41) is 11.3. The Balaban J connectivity index is 1.55. The molecule has 0 radical (unpaired) electrons. The number of carbonyl (C=O) groups is 2. The van der Waals surface area contributed by atoms with Crippen molar-refractivity contribution < 1.29 is 18.7 Å². The highest BCUT2D eigenvalue weighted by atomic mass is 19.1. The molecule has 10 heteroatoms. The smallest absolute Gasteiger partial charge is 0.409 e. The summed E-state index contributed by atoms with van der Waals surface area (Å²) >= 11 is 0. The maximum atomic E-state index is 13.4. The minimum Gasteiger partial charge on any atom is -0.450 e. The Morgan fingerprint density at radius 1 is 1.12 bits per heavy atom. The van der Waals surface area contributed by atoms with Crippen molar-refractivity contribution in [2.75, 3.05) is 19.7 Å². The largest absolute Gasteiger partial charge is 0.450 e. The van der Waals surface area contributed by atoms with E-state index in [1.165, 1.54) is 16.8 Å². The zero-order valence-electron chi connectivity index (χ0n) is 17.6. The Hall–Kier alpha value is -3.82. The first-order chi connectivity index (χ1) is 15.6. The van der Waals surface area contributed by atoms with Crippen molar-refractivity contribution >= 4 is 12.0 Å². The number of aromatic nitrogens is 4. The highest BCUT2D eigenvalue weighted by molar-refractivity contribution is 5.98. The highest BCUT2D eigenvalue weighted by Crippen LogP contribution is 2.25. The third-order valence-corrected chi connectivity index (χ3v) is 5.27. The van der Waals surface area contributed by atoms with Crippen LogP contribution in [0.15, 0.2) is 48.8 Å². The predicted molar refractivity (Wildman–Crippen MR) is 114 cm³/mol. The Bertz CT molecular complexity index is 1080. The third-order valence-electron chi connectivity index (χ3n) is 5.27. The maximum Gasteiger partial charge on any atom is 0.409 e. The van der Waals surface area contributed by atoms with E-state index in [1.807, 2.05) is 0 Å². The van der Waals surface area contributed by atoms with E-state index in [9.17, 15) is 14.0 Å². The summed E-state index contributed by atoms with van der Waals surface area (Å²) < 4.78 is 19.9. The summed E-state index contributed by atoms with van der Waals surface area (Å²) in [4.78, 5) is 30.7. The molecule has 0 unspecified atom stereocenters. The van der Waals surface area contributed by atoms with Crippen LogP contribution in [-0.4, -0.2) is 62.6 Å². The molecule has 1 saturated heterocycles. The van der Waals surface area contributed by atoms with Crippen LogP contribution in [0.3, 0.4) is 0 Å². The van der Waals surface area contributed by atoms with Crippen molar-refractivity contribution in [2.24, 2.45) is 0 Å². The molecule has 0 saturated carbocycles. The molecule has 1 fully saturated rings. The minimum absolute atomic E-state index is 0.102. The lowest BCUT2D eigenvalue weighted by Crippen LogP contribution is -2.46. The Morgan fingerprint density at radius 2 is 1.81 bits per heavy atom. The second kappa shape index (κ2) is 9.54. The fraction of sp³-hybridized carbons (Fsp3) is 0.318. The molecule has 3 heterocycles. The van der Waals surface area contributed by atoms with Gasteiger partial charge in [0.25, 0.3) is 5.91 Å². The monoisotopic (exact) mass is 438 g/mol. The molecular formula is C22H23FN6O3. The molecule has 9 nitrogen and oxygen atoms in total. The van der Waals surface area contributed by atoms with E-state index in [1.54, 1.807) is 48.5 Å². The zero-order valence-corrected chi connectivity index (χ0v) is 17.6. The molecule has 1 aliphatic rings. The first-order valence-corrected chi connectivity index (χ1v) is 10.4. The predicted octanol–water partition coefficient (Wildman–Crippen LogP) is 2.82. The fourth-order valence-corrected chi connectivity index (χ4v) is 3.64. The van der Waals surface area contributed by atoms with Crippen molar-refractivity contribution in [3.05, 3.63) is 60.3 Å². The number of rotatable bonds is 5. The molecule has 2 aromatic heterocycles. The van der Waals surface area contributed by atoms with E-state index in [0.717, 1.165) is 0 Å². The summed E-state index contributed by atoms with van der Waals surface area (Å²) in [5.74, 6) is -0.730. The van der Waals surface area contributed by atoms with Gasteiger partial charge in [-0.05, 0) is 56.2 Å². The number of halogens is 1. The number of benzene rings is 1. The van der Waals surface area contributed by atoms with E-state index in [-0.39, 0.29) is 29.6 Å². The number of hydrogen-bond donors (Lipinski definition) is 1. The van der Waals surface area contributed by atoms with Gasteiger partial charge in [0.05, 0.1) is 12.3 Å². The normalized spacial score (nSPS) is 14.2. The first-order valence-electron chi connectivity index (χ1n) is 10.4. The number of piperidine rings is 1. The summed E-state index contributed by atoms with van der Waals surface area (Å²) in [6, 6.07) is 9.20. The van der Waals surface area contributed by atoms with Crippen LogP contribution in [0.1, 0.15) is 30.3 Å². The molecule has 1 N–H and O–H groups in total. The van der Waals surface area contributed by atoms with Crippen molar-refractivity contribution in [2.45, 2.75) is 25.8 Å². The quantitative estimate of drug-likeness (QED) is 0.657. The number of ether oxygens (including phenoxy) is 1. The lowest BCUT2D eigenvalue weighted by atomic mass is 10.0. The van der Waals surface area contributed by atoms with Gasteiger partial charge in [-0.2, -0.15) is 0 Å². The number of nitrogens with zero attached hydrogens (tertiary/aromatic N) is 5. The highest BCUT2D eigenvalue weighted by Gasteiger charge is 2.28. The number of likely N-dealkylation sites (tertiary alicyclic amines) is 1. The second-order valence-electron chi connectivity index (χ2n) is 7.34. The Kier molecular flexibility index (Phi) is 6.39. The number of amides is 2. The zero-order chi connectivity index (χ0) is 22.5. The number of nitrogens with one attached hydrogen (secondary N) is 1. The van der Waals surface area contributed by atoms with Crippen LogP contribution >= 0.6 is 0 Å². The van der Waals surface area contributed by atoms with Crippen LogP contribution in [0.4, 0.5) is 9.18 Å². The van der Waals surface area contributed by atoms with E-state index in [2.05, 4.69) is 20.6 Å². The van der Waals surface area contributed by atoms with Gasteiger partial charge in [-0.3, -0.25) is 9.78 Å². The first kappa shape index (κ1) is 21.4. The van der Waals surface area contributed by atoms with Gasteiger partial charge in [-0.15, -0.1) is 5.10 Å². The summed E-state index contributed by atoms with van der Waals surface area (Å²) in [6.07, 6.45) is 4.12.